The van der Waals surface area contributed by atoms with Crippen LogP contribution in [-0.4, -0.2) is 57.4 Å². The Balaban J connectivity index is 2.02. The molecule has 0 saturated carbocycles. The molecule has 2 heterocycles. The molecule has 0 aliphatic carbocycles. The molecule has 2 amide bonds. The highest BCUT2D eigenvalue weighted by molar-refractivity contribution is 5.95. The van der Waals surface area contributed by atoms with Gasteiger partial charge < -0.3 is 24.8 Å². The van der Waals surface area contributed by atoms with E-state index in [0.29, 0.717) is 40.9 Å². The van der Waals surface area contributed by atoms with Gasteiger partial charge in [-0.15, -0.1) is 0 Å². The van der Waals surface area contributed by atoms with E-state index in [9.17, 15) is 9.59 Å². The van der Waals surface area contributed by atoms with Gasteiger partial charge in [-0.05, 0) is 44.0 Å². The Hall–Kier alpha value is -2.74. The van der Waals surface area contributed by atoms with Crippen molar-refractivity contribution in [2.45, 2.75) is 38.3 Å². The summed E-state index contributed by atoms with van der Waals surface area (Å²) >= 11 is 0. The summed E-state index contributed by atoms with van der Waals surface area (Å²) in [5, 5.41) is 5.67. The lowest BCUT2D eigenvalue weighted by Crippen LogP contribution is -2.50. The Bertz CT molecular complexity index is 808. The number of hydrogen-bond acceptors (Lipinski definition) is 6. The summed E-state index contributed by atoms with van der Waals surface area (Å²) in [5.41, 5.74) is 1.69. The normalized spacial score (nSPS) is 22.6. The maximum absolute atomic E-state index is 12.7. The number of urea groups is 1. The fourth-order valence-corrected chi connectivity index (χ4v) is 3.97. The van der Waals surface area contributed by atoms with E-state index in [1.807, 2.05) is 6.07 Å². The van der Waals surface area contributed by atoms with E-state index in [2.05, 4.69) is 22.5 Å². The Morgan fingerprint density at radius 3 is 2.59 bits per heavy atom. The van der Waals surface area contributed by atoms with E-state index in [1.54, 1.807) is 26.4 Å². The number of hydrogen-bond donors (Lipinski definition) is 2. The van der Waals surface area contributed by atoms with Crippen molar-refractivity contribution in [1.82, 2.24) is 15.5 Å². The van der Waals surface area contributed by atoms with Crippen molar-refractivity contribution in [3.8, 4) is 11.5 Å². The number of ether oxygens (including phenoxy) is 3. The van der Waals surface area contributed by atoms with Crippen LogP contribution >= 0.6 is 0 Å². The van der Waals surface area contributed by atoms with Gasteiger partial charge in [-0.25, -0.2) is 9.59 Å². The maximum atomic E-state index is 12.7. The zero-order chi connectivity index (χ0) is 21.0. The summed E-state index contributed by atoms with van der Waals surface area (Å²) in [4.78, 5) is 27.4. The van der Waals surface area contributed by atoms with Gasteiger partial charge in [0.2, 0.25) is 0 Å². The number of esters is 1. The molecule has 8 nitrogen and oxygen atoms in total. The molecular weight excluding hydrogens is 374 g/mol. The molecule has 1 aromatic rings. The summed E-state index contributed by atoms with van der Waals surface area (Å²) < 4.78 is 15.7. The second kappa shape index (κ2) is 9.17. The number of amides is 2. The SMILES string of the molecule is COC(=O)C1=C(CN2CCCC[C@@H]2C)NC(=O)N[C@H]1c1ccc(OC)c(OC)c1. The third kappa shape index (κ3) is 4.48. The van der Waals surface area contributed by atoms with Gasteiger partial charge in [0, 0.05) is 18.3 Å². The van der Waals surface area contributed by atoms with Crippen molar-refractivity contribution in [3.63, 3.8) is 0 Å². The molecule has 29 heavy (non-hydrogen) atoms. The van der Waals surface area contributed by atoms with Gasteiger partial charge in [-0.1, -0.05) is 12.5 Å². The molecule has 0 radical (unpaired) electrons. The fourth-order valence-electron chi connectivity index (χ4n) is 3.97. The zero-order valence-corrected chi connectivity index (χ0v) is 17.4. The van der Waals surface area contributed by atoms with Crippen molar-refractivity contribution < 1.29 is 23.8 Å². The first-order chi connectivity index (χ1) is 14.0. The first kappa shape index (κ1) is 21.0. The van der Waals surface area contributed by atoms with Crippen LogP contribution in [0.1, 0.15) is 37.8 Å². The van der Waals surface area contributed by atoms with Gasteiger partial charge in [0.05, 0.1) is 32.9 Å². The number of nitrogens with one attached hydrogen (secondary N) is 2. The van der Waals surface area contributed by atoms with E-state index in [1.165, 1.54) is 13.5 Å². The molecule has 1 fully saturated rings. The third-order valence-corrected chi connectivity index (χ3v) is 5.60. The van der Waals surface area contributed by atoms with Gasteiger partial charge in [-0.3, -0.25) is 4.90 Å². The van der Waals surface area contributed by atoms with Crippen LogP contribution in [0.2, 0.25) is 0 Å². The van der Waals surface area contributed by atoms with Crippen LogP contribution in [0.3, 0.4) is 0 Å². The average Bonchev–Trinajstić information content (AvgIpc) is 2.74. The lowest BCUT2D eigenvalue weighted by atomic mass is 9.94. The van der Waals surface area contributed by atoms with E-state index in [-0.39, 0.29) is 6.03 Å². The average molecular weight is 403 g/mol. The summed E-state index contributed by atoms with van der Waals surface area (Å²) in [6.45, 7) is 3.60. The number of carbonyl (C=O) groups is 2. The summed E-state index contributed by atoms with van der Waals surface area (Å²) in [6, 6.07) is 4.72. The van der Waals surface area contributed by atoms with Gasteiger partial charge >= 0.3 is 12.0 Å². The van der Waals surface area contributed by atoms with Gasteiger partial charge in [0.15, 0.2) is 11.5 Å². The molecule has 0 unspecified atom stereocenters. The Morgan fingerprint density at radius 1 is 1.17 bits per heavy atom. The molecule has 158 valence electrons. The minimum absolute atomic E-state index is 0.350. The Kier molecular flexibility index (Phi) is 6.64. The summed E-state index contributed by atoms with van der Waals surface area (Å²) in [5.74, 6) is 0.618. The van der Waals surface area contributed by atoms with Crippen molar-refractivity contribution in [2.24, 2.45) is 0 Å². The van der Waals surface area contributed by atoms with Crippen LogP contribution < -0.4 is 20.1 Å². The Labute approximate surface area is 171 Å². The molecule has 3 rings (SSSR count). The van der Waals surface area contributed by atoms with Gasteiger partial charge in [0.1, 0.15) is 0 Å². The molecule has 0 aromatic heterocycles. The zero-order valence-electron chi connectivity index (χ0n) is 17.4. The van der Waals surface area contributed by atoms with Crippen LogP contribution in [0.15, 0.2) is 29.5 Å². The standard InChI is InChI=1S/C21H29N3O5/c1-13-7-5-6-10-24(13)12-15-18(20(25)29-4)19(23-21(26)22-15)14-8-9-16(27-2)17(11-14)28-3/h8-9,11,13,19H,5-7,10,12H2,1-4H3,(H2,22,23,26)/t13-,19-/m0/s1. The highest BCUT2D eigenvalue weighted by atomic mass is 16.5. The maximum Gasteiger partial charge on any atom is 0.338 e. The highest BCUT2D eigenvalue weighted by Gasteiger charge is 2.35. The second-order valence-corrected chi connectivity index (χ2v) is 7.34. The lowest BCUT2D eigenvalue weighted by molar-refractivity contribution is -0.136. The van der Waals surface area contributed by atoms with Crippen LogP contribution in [0, 0.1) is 0 Å². The molecule has 2 aliphatic heterocycles. The quantitative estimate of drug-likeness (QED) is 0.709. The number of likely N-dealkylation sites (tertiary alicyclic amines) is 1. The van der Waals surface area contributed by atoms with E-state index < -0.39 is 12.0 Å². The van der Waals surface area contributed by atoms with E-state index in [0.717, 1.165) is 19.4 Å². The molecule has 2 N–H and O–H groups in total. The monoisotopic (exact) mass is 403 g/mol. The summed E-state index contributed by atoms with van der Waals surface area (Å²) in [7, 11) is 4.45. The molecule has 2 aliphatic rings. The van der Waals surface area contributed by atoms with Crippen molar-refractivity contribution in [1.29, 1.82) is 0 Å². The molecule has 8 heteroatoms. The molecule has 1 saturated heterocycles. The van der Waals surface area contributed by atoms with Crippen LogP contribution in [0.25, 0.3) is 0 Å². The second-order valence-electron chi connectivity index (χ2n) is 7.34. The van der Waals surface area contributed by atoms with Gasteiger partial charge in [-0.2, -0.15) is 0 Å². The largest absolute Gasteiger partial charge is 0.493 e. The van der Waals surface area contributed by atoms with Crippen LogP contribution in [0.4, 0.5) is 4.79 Å². The molecular formula is C21H29N3O5. The molecule has 0 bridgehead atoms. The third-order valence-electron chi connectivity index (χ3n) is 5.60. The molecule has 1 aromatic carbocycles. The topological polar surface area (TPSA) is 89.1 Å². The predicted octanol–water partition coefficient (Wildman–Crippen LogP) is 2.36. The summed E-state index contributed by atoms with van der Waals surface area (Å²) in [6.07, 6.45) is 3.41. The first-order valence-corrected chi connectivity index (χ1v) is 9.83. The van der Waals surface area contributed by atoms with Crippen molar-refractivity contribution >= 4 is 12.0 Å². The minimum atomic E-state index is -0.647. The van der Waals surface area contributed by atoms with Crippen molar-refractivity contribution in [2.75, 3.05) is 34.4 Å². The number of piperidine rings is 1. The molecule has 2 atom stereocenters. The number of carbonyl (C=O) groups excluding carboxylic acids is 2. The smallest absolute Gasteiger partial charge is 0.338 e. The van der Waals surface area contributed by atoms with E-state index in [4.69, 9.17) is 14.2 Å². The number of methoxy groups -OCH3 is 3. The number of nitrogens with zero attached hydrogens (tertiary/aromatic N) is 1. The number of benzene rings is 1. The molecule has 0 spiro atoms. The first-order valence-electron chi connectivity index (χ1n) is 9.83. The van der Waals surface area contributed by atoms with Gasteiger partial charge in [0.25, 0.3) is 0 Å². The van der Waals surface area contributed by atoms with E-state index >= 15 is 0 Å². The van der Waals surface area contributed by atoms with Crippen molar-refractivity contribution in [3.05, 3.63) is 35.0 Å². The Morgan fingerprint density at radius 2 is 1.93 bits per heavy atom. The van der Waals surface area contributed by atoms with Crippen LogP contribution in [-0.2, 0) is 9.53 Å². The number of rotatable bonds is 6. The fraction of sp³-hybridized carbons (Fsp3) is 0.524. The van der Waals surface area contributed by atoms with Crippen LogP contribution in [0.5, 0.6) is 11.5 Å². The highest BCUT2D eigenvalue weighted by Crippen LogP contribution is 2.34. The predicted molar refractivity (Wildman–Crippen MR) is 108 cm³/mol. The minimum Gasteiger partial charge on any atom is -0.493 e. The lowest BCUT2D eigenvalue weighted by Gasteiger charge is -2.36.